The lowest BCUT2D eigenvalue weighted by Gasteiger charge is -2.08. The average molecular weight is 272 g/mol. The van der Waals surface area contributed by atoms with Gasteiger partial charge in [0.1, 0.15) is 18.5 Å². The Morgan fingerprint density at radius 1 is 1.37 bits per heavy atom. The molecule has 0 saturated carbocycles. The molecule has 1 heterocycles. The summed E-state index contributed by atoms with van der Waals surface area (Å²) in [5.74, 6) is 0. The van der Waals surface area contributed by atoms with Crippen LogP contribution in [0.2, 0.25) is 5.02 Å². The third kappa shape index (κ3) is 2.43. The van der Waals surface area contributed by atoms with E-state index >= 15 is 0 Å². The summed E-state index contributed by atoms with van der Waals surface area (Å²) in [5.41, 5.74) is 1.95. The van der Waals surface area contributed by atoms with E-state index in [1.165, 1.54) is 10.9 Å². The predicted octanol–water partition coefficient (Wildman–Crippen LogP) is 1.99. The number of hydrogen-bond donors (Lipinski definition) is 1. The van der Waals surface area contributed by atoms with E-state index in [2.05, 4.69) is 10.3 Å². The Bertz CT molecular complexity index is 690. The van der Waals surface area contributed by atoms with Gasteiger partial charge in [0.25, 0.3) is 0 Å². The van der Waals surface area contributed by atoms with Crippen LogP contribution in [0.5, 0.6) is 0 Å². The number of imidazole rings is 1. The van der Waals surface area contributed by atoms with E-state index < -0.39 is 0 Å². The SMILES string of the molecule is CNCc1ccc(-n2cnc(C#N)c2C#N)c(Cl)c1. The van der Waals surface area contributed by atoms with E-state index in [0.29, 0.717) is 17.3 Å². The number of hydrogen-bond acceptors (Lipinski definition) is 4. The summed E-state index contributed by atoms with van der Waals surface area (Å²) in [7, 11) is 1.85. The summed E-state index contributed by atoms with van der Waals surface area (Å²) in [6.45, 7) is 0.707. The summed E-state index contributed by atoms with van der Waals surface area (Å²) in [5, 5.41) is 21.5. The van der Waals surface area contributed by atoms with Gasteiger partial charge in [-0.25, -0.2) is 4.98 Å². The fraction of sp³-hybridized carbons (Fsp3) is 0.154. The van der Waals surface area contributed by atoms with Gasteiger partial charge in [-0.15, -0.1) is 0 Å². The van der Waals surface area contributed by atoms with Crippen LogP contribution in [-0.2, 0) is 6.54 Å². The molecule has 0 fully saturated rings. The summed E-state index contributed by atoms with van der Waals surface area (Å²) in [6.07, 6.45) is 1.43. The van der Waals surface area contributed by atoms with Gasteiger partial charge in [-0.1, -0.05) is 17.7 Å². The van der Waals surface area contributed by atoms with Gasteiger partial charge in [0.15, 0.2) is 11.4 Å². The topological polar surface area (TPSA) is 77.4 Å². The van der Waals surface area contributed by atoms with Crippen molar-refractivity contribution >= 4 is 11.6 Å². The molecular formula is C13H10ClN5. The number of rotatable bonds is 3. The van der Waals surface area contributed by atoms with Crippen molar-refractivity contribution in [2.24, 2.45) is 0 Å². The smallest absolute Gasteiger partial charge is 0.177 e. The van der Waals surface area contributed by atoms with Gasteiger partial charge in [0.05, 0.1) is 10.7 Å². The molecule has 1 aromatic heterocycles. The molecule has 0 saturated heterocycles. The molecule has 2 aromatic rings. The van der Waals surface area contributed by atoms with Crippen molar-refractivity contribution in [3.05, 3.63) is 46.5 Å². The standard InChI is InChI=1S/C13H10ClN5/c1-17-7-9-2-3-12(10(14)4-9)19-8-18-11(5-15)13(19)6-16/h2-4,8,17H,7H2,1H3. The highest BCUT2D eigenvalue weighted by molar-refractivity contribution is 6.32. The summed E-state index contributed by atoms with van der Waals surface area (Å²) >= 11 is 6.21. The molecule has 0 aliphatic heterocycles. The molecule has 6 heteroatoms. The maximum atomic E-state index is 9.10. The van der Waals surface area contributed by atoms with Crippen molar-refractivity contribution in [1.29, 1.82) is 10.5 Å². The first-order chi connectivity index (χ1) is 9.21. The minimum Gasteiger partial charge on any atom is -0.316 e. The van der Waals surface area contributed by atoms with Crippen LogP contribution in [0.4, 0.5) is 0 Å². The number of nitrogens with one attached hydrogen (secondary N) is 1. The highest BCUT2D eigenvalue weighted by atomic mass is 35.5. The molecule has 0 spiro atoms. The highest BCUT2D eigenvalue weighted by Gasteiger charge is 2.13. The Balaban J connectivity index is 2.52. The molecule has 94 valence electrons. The second-order valence-electron chi connectivity index (χ2n) is 3.85. The largest absolute Gasteiger partial charge is 0.316 e. The zero-order chi connectivity index (χ0) is 13.8. The van der Waals surface area contributed by atoms with Crippen molar-refractivity contribution in [3.63, 3.8) is 0 Å². The van der Waals surface area contributed by atoms with Crippen LogP contribution < -0.4 is 5.32 Å². The van der Waals surface area contributed by atoms with Crippen LogP contribution in [0, 0.1) is 22.7 Å². The molecule has 0 amide bonds. The van der Waals surface area contributed by atoms with E-state index in [4.69, 9.17) is 22.1 Å². The van der Waals surface area contributed by atoms with Gasteiger partial charge in [-0.2, -0.15) is 10.5 Å². The Kier molecular flexibility index (Phi) is 3.82. The quantitative estimate of drug-likeness (QED) is 0.926. The molecule has 0 bridgehead atoms. The maximum Gasteiger partial charge on any atom is 0.177 e. The first kappa shape index (κ1) is 13.1. The number of benzene rings is 1. The third-order valence-electron chi connectivity index (χ3n) is 2.63. The average Bonchev–Trinajstić information content (AvgIpc) is 2.82. The van der Waals surface area contributed by atoms with Gasteiger partial charge < -0.3 is 5.32 Å². The number of nitrogens with zero attached hydrogens (tertiary/aromatic N) is 4. The molecule has 19 heavy (non-hydrogen) atoms. The van der Waals surface area contributed by atoms with Gasteiger partial charge in [0.2, 0.25) is 0 Å². The van der Waals surface area contributed by atoms with Crippen molar-refractivity contribution in [2.45, 2.75) is 6.54 Å². The summed E-state index contributed by atoms with van der Waals surface area (Å²) in [4.78, 5) is 3.89. The monoisotopic (exact) mass is 271 g/mol. The van der Waals surface area contributed by atoms with Crippen molar-refractivity contribution in [1.82, 2.24) is 14.9 Å². The van der Waals surface area contributed by atoms with Gasteiger partial charge >= 0.3 is 0 Å². The predicted molar refractivity (Wildman–Crippen MR) is 70.8 cm³/mol. The number of aromatic nitrogens is 2. The number of nitriles is 2. The molecule has 0 atom stereocenters. The Labute approximate surface area is 115 Å². The van der Waals surface area contributed by atoms with Gasteiger partial charge in [-0.05, 0) is 24.7 Å². The Morgan fingerprint density at radius 2 is 2.16 bits per heavy atom. The highest BCUT2D eigenvalue weighted by Crippen LogP contribution is 2.24. The van der Waals surface area contributed by atoms with Gasteiger partial charge in [0, 0.05) is 6.54 Å². The van der Waals surface area contributed by atoms with E-state index in [-0.39, 0.29) is 11.4 Å². The lowest BCUT2D eigenvalue weighted by Crippen LogP contribution is -2.05. The summed E-state index contributed by atoms with van der Waals surface area (Å²) < 4.78 is 1.52. The third-order valence-corrected chi connectivity index (χ3v) is 2.93. The van der Waals surface area contributed by atoms with Crippen molar-refractivity contribution in [2.75, 3.05) is 7.05 Å². The van der Waals surface area contributed by atoms with E-state index in [1.54, 1.807) is 6.07 Å². The fourth-order valence-electron chi connectivity index (χ4n) is 1.78. The van der Waals surface area contributed by atoms with E-state index in [0.717, 1.165) is 5.56 Å². The molecule has 0 radical (unpaired) electrons. The molecule has 5 nitrogen and oxygen atoms in total. The fourth-order valence-corrected chi connectivity index (χ4v) is 2.07. The zero-order valence-electron chi connectivity index (χ0n) is 10.2. The second-order valence-corrected chi connectivity index (χ2v) is 4.26. The van der Waals surface area contributed by atoms with E-state index in [1.807, 2.05) is 31.3 Å². The maximum absolute atomic E-state index is 9.10. The van der Waals surface area contributed by atoms with E-state index in [9.17, 15) is 0 Å². The molecule has 2 rings (SSSR count). The normalized spacial score (nSPS) is 9.89. The summed E-state index contributed by atoms with van der Waals surface area (Å²) in [6, 6.07) is 9.38. The van der Waals surface area contributed by atoms with Crippen LogP contribution in [0.15, 0.2) is 24.5 Å². The minimum absolute atomic E-state index is 0.0952. The molecule has 0 aliphatic rings. The lowest BCUT2D eigenvalue weighted by molar-refractivity contribution is 0.817. The second kappa shape index (κ2) is 5.53. The molecule has 0 unspecified atom stereocenters. The minimum atomic E-state index is 0.0952. The Hall–Kier alpha value is -2.34. The first-order valence-corrected chi connectivity index (χ1v) is 5.90. The van der Waals surface area contributed by atoms with Crippen molar-refractivity contribution < 1.29 is 0 Å². The molecule has 1 N–H and O–H groups in total. The Morgan fingerprint density at radius 3 is 2.74 bits per heavy atom. The van der Waals surface area contributed by atoms with Crippen LogP contribution in [0.3, 0.4) is 0 Å². The van der Waals surface area contributed by atoms with Crippen molar-refractivity contribution in [3.8, 4) is 17.8 Å². The molecule has 0 aliphatic carbocycles. The zero-order valence-corrected chi connectivity index (χ0v) is 10.9. The molecule has 1 aromatic carbocycles. The first-order valence-electron chi connectivity index (χ1n) is 5.52. The molecular weight excluding hydrogens is 262 g/mol. The van der Waals surface area contributed by atoms with Crippen LogP contribution in [0.1, 0.15) is 17.0 Å². The van der Waals surface area contributed by atoms with Crippen LogP contribution >= 0.6 is 11.6 Å². The lowest BCUT2D eigenvalue weighted by atomic mass is 10.2. The number of halogens is 1. The van der Waals surface area contributed by atoms with Gasteiger partial charge in [-0.3, -0.25) is 4.57 Å². The van der Waals surface area contributed by atoms with Crippen LogP contribution in [0.25, 0.3) is 5.69 Å². The van der Waals surface area contributed by atoms with Crippen LogP contribution in [-0.4, -0.2) is 16.6 Å².